The number of anilines is 2. The molecule has 0 radical (unpaired) electrons. The van der Waals surface area contributed by atoms with Crippen LogP contribution in [0, 0.1) is 0 Å². The number of halogens is 6. The first-order valence-corrected chi connectivity index (χ1v) is 10.5. The van der Waals surface area contributed by atoms with Gasteiger partial charge in [0.1, 0.15) is 5.82 Å². The zero-order valence-electron chi connectivity index (χ0n) is 19.6. The smallest absolute Gasteiger partial charge is 0.362 e. The van der Waals surface area contributed by atoms with Crippen molar-refractivity contribution in [1.82, 2.24) is 35.0 Å². The van der Waals surface area contributed by atoms with Crippen molar-refractivity contribution in [3.8, 4) is 0 Å². The van der Waals surface area contributed by atoms with Crippen LogP contribution < -0.4 is 9.80 Å². The standard InChI is InChI=1S/C21H21F6N9/c1-33(2)17-14(7-13-9-28-34(3)18(13)29-17)11-36(19-30-32-35(4)31-19)10-12-5-15(20(22,23)24)8-16(6-12)21(25,26)27/h5-9H,10-11H2,1-4H3. The number of aromatic nitrogens is 7. The fraction of sp³-hybridized carbons (Fsp3) is 0.381. The van der Waals surface area contributed by atoms with E-state index < -0.39 is 23.5 Å². The fourth-order valence-electron chi connectivity index (χ4n) is 3.75. The first-order valence-electron chi connectivity index (χ1n) is 10.5. The third-order valence-corrected chi connectivity index (χ3v) is 5.35. The molecule has 0 unspecified atom stereocenters. The Morgan fingerprint density at radius 3 is 2.06 bits per heavy atom. The highest BCUT2D eigenvalue weighted by molar-refractivity contribution is 5.78. The second-order valence-electron chi connectivity index (χ2n) is 8.40. The van der Waals surface area contributed by atoms with E-state index in [1.807, 2.05) is 0 Å². The van der Waals surface area contributed by atoms with Gasteiger partial charge in [0.25, 0.3) is 5.95 Å². The van der Waals surface area contributed by atoms with E-state index in [0.29, 0.717) is 34.5 Å². The normalized spacial score (nSPS) is 12.4. The minimum Gasteiger partial charge on any atom is -0.362 e. The highest BCUT2D eigenvalue weighted by atomic mass is 19.4. The summed E-state index contributed by atoms with van der Waals surface area (Å²) >= 11 is 0. The van der Waals surface area contributed by atoms with Gasteiger partial charge in [-0.15, -0.1) is 5.10 Å². The molecule has 192 valence electrons. The minimum atomic E-state index is -4.96. The Morgan fingerprint density at radius 2 is 1.53 bits per heavy atom. The summed E-state index contributed by atoms with van der Waals surface area (Å²) in [5, 5.41) is 16.7. The van der Waals surface area contributed by atoms with Crippen molar-refractivity contribution in [3.05, 3.63) is 52.7 Å². The number of fused-ring (bicyclic) bond motifs is 1. The molecule has 0 aliphatic rings. The van der Waals surface area contributed by atoms with Crippen LogP contribution in [0.3, 0.4) is 0 Å². The molecule has 0 saturated carbocycles. The van der Waals surface area contributed by atoms with E-state index in [1.165, 1.54) is 11.9 Å². The molecule has 0 bridgehead atoms. The molecule has 3 heterocycles. The largest absolute Gasteiger partial charge is 0.416 e. The number of aryl methyl sites for hydroxylation is 2. The van der Waals surface area contributed by atoms with Crippen LogP contribution >= 0.6 is 0 Å². The van der Waals surface area contributed by atoms with Gasteiger partial charge in [0, 0.05) is 45.2 Å². The Kier molecular flexibility index (Phi) is 6.26. The summed E-state index contributed by atoms with van der Waals surface area (Å²) in [4.78, 5) is 8.96. The molecule has 0 spiro atoms. The Morgan fingerprint density at radius 1 is 0.889 bits per heavy atom. The van der Waals surface area contributed by atoms with E-state index >= 15 is 0 Å². The number of benzene rings is 1. The lowest BCUT2D eigenvalue weighted by Gasteiger charge is -2.25. The molecule has 36 heavy (non-hydrogen) atoms. The summed E-state index contributed by atoms with van der Waals surface area (Å²) in [7, 11) is 6.76. The lowest BCUT2D eigenvalue weighted by molar-refractivity contribution is -0.143. The van der Waals surface area contributed by atoms with Gasteiger partial charge < -0.3 is 9.80 Å². The Hall–Kier alpha value is -3.91. The molecule has 15 heteroatoms. The molecule has 4 rings (SSSR count). The lowest BCUT2D eigenvalue weighted by atomic mass is 10.0. The molecule has 0 N–H and O–H groups in total. The molecule has 0 saturated heterocycles. The molecule has 9 nitrogen and oxygen atoms in total. The monoisotopic (exact) mass is 513 g/mol. The van der Waals surface area contributed by atoms with Gasteiger partial charge in [-0.3, -0.25) is 4.68 Å². The topological polar surface area (TPSA) is 80.8 Å². The summed E-state index contributed by atoms with van der Waals surface area (Å²) in [5.41, 5.74) is -1.76. The first kappa shape index (κ1) is 25.2. The van der Waals surface area contributed by atoms with Crippen LogP contribution in [-0.2, 0) is 39.5 Å². The molecular weight excluding hydrogens is 492 g/mol. The average molecular weight is 513 g/mol. The minimum absolute atomic E-state index is 0.0225. The van der Waals surface area contributed by atoms with Crippen LogP contribution in [0.25, 0.3) is 11.0 Å². The van der Waals surface area contributed by atoms with Gasteiger partial charge in [-0.2, -0.15) is 36.2 Å². The Bertz CT molecular complexity index is 1350. The van der Waals surface area contributed by atoms with Gasteiger partial charge >= 0.3 is 12.4 Å². The highest BCUT2D eigenvalue weighted by Crippen LogP contribution is 2.37. The lowest BCUT2D eigenvalue weighted by Crippen LogP contribution is -2.26. The molecule has 0 atom stereocenters. The van der Waals surface area contributed by atoms with Gasteiger partial charge in [0.2, 0.25) is 0 Å². The van der Waals surface area contributed by atoms with Gasteiger partial charge in [-0.05, 0) is 35.0 Å². The maximum absolute atomic E-state index is 13.4. The molecule has 1 aromatic carbocycles. The van der Waals surface area contributed by atoms with Crippen molar-refractivity contribution < 1.29 is 26.3 Å². The van der Waals surface area contributed by atoms with Gasteiger partial charge in [0.05, 0.1) is 24.4 Å². The third-order valence-electron chi connectivity index (χ3n) is 5.35. The molecule has 4 aromatic rings. The molecule has 0 fully saturated rings. The third kappa shape index (κ3) is 5.18. The summed E-state index contributed by atoms with van der Waals surface area (Å²) in [6, 6.07) is 3.28. The van der Waals surface area contributed by atoms with E-state index in [2.05, 4.69) is 25.5 Å². The van der Waals surface area contributed by atoms with Gasteiger partial charge in [0.15, 0.2) is 5.65 Å². The molecule has 0 aliphatic heterocycles. The fourth-order valence-corrected chi connectivity index (χ4v) is 3.75. The summed E-state index contributed by atoms with van der Waals surface area (Å²) < 4.78 is 82.0. The molecular formula is C21H21F6N9. The van der Waals surface area contributed by atoms with Crippen LogP contribution in [0.1, 0.15) is 22.3 Å². The maximum Gasteiger partial charge on any atom is 0.416 e. The number of rotatable bonds is 6. The van der Waals surface area contributed by atoms with Crippen molar-refractivity contribution in [2.75, 3.05) is 23.9 Å². The second kappa shape index (κ2) is 8.95. The second-order valence-corrected chi connectivity index (χ2v) is 8.40. The predicted octanol–water partition coefficient (Wildman–Crippen LogP) is 3.80. The van der Waals surface area contributed by atoms with E-state index in [9.17, 15) is 26.3 Å². The van der Waals surface area contributed by atoms with Crippen molar-refractivity contribution in [1.29, 1.82) is 0 Å². The first-order chi connectivity index (χ1) is 16.7. The van der Waals surface area contributed by atoms with Crippen molar-refractivity contribution in [2.45, 2.75) is 25.4 Å². The quantitative estimate of drug-likeness (QED) is 0.363. The van der Waals surface area contributed by atoms with E-state index in [0.717, 1.165) is 4.80 Å². The number of tetrazole rings is 1. The Balaban J connectivity index is 1.80. The number of hydrogen-bond acceptors (Lipinski definition) is 7. The Labute approximate surface area is 200 Å². The summed E-state index contributed by atoms with van der Waals surface area (Å²) in [6.07, 6.45) is -8.31. The number of pyridine rings is 1. The van der Waals surface area contributed by atoms with Crippen molar-refractivity contribution in [3.63, 3.8) is 0 Å². The molecule has 0 amide bonds. The van der Waals surface area contributed by atoms with Gasteiger partial charge in [-0.1, -0.05) is 5.10 Å². The van der Waals surface area contributed by atoms with Crippen LogP contribution in [0.5, 0.6) is 0 Å². The van der Waals surface area contributed by atoms with Crippen LogP contribution in [0.2, 0.25) is 0 Å². The zero-order chi connectivity index (χ0) is 26.4. The van der Waals surface area contributed by atoms with Crippen molar-refractivity contribution in [2.24, 2.45) is 14.1 Å². The zero-order valence-corrected chi connectivity index (χ0v) is 19.6. The van der Waals surface area contributed by atoms with E-state index in [-0.39, 0.29) is 30.7 Å². The molecule has 3 aromatic heterocycles. The van der Waals surface area contributed by atoms with Gasteiger partial charge in [-0.25, -0.2) is 4.98 Å². The van der Waals surface area contributed by atoms with Crippen LogP contribution in [0.15, 0.2) is 30.5 Å². The molecule has 0 aliphatic carbocycles. The number of nitrogens with zero attached hydrogens (tertiary/aromatic N) is 9. The highest BCUT2D eigenvalue weighted by Gasteiger charge is 2.37. The predicted molar refractivity (Wildman–Crippen MR) is 118 cm³/mol. The van der Waals surface area contributed by atoms with Crippen molar-refractivity contribution >= 4 is 22.8 Å². The van der Waals surface area contributed by atoms with Crippen LogP contribution in [-0.4, -0.2) is 49.1 Å². The number of hydrogen-bond donors (Lipinski definition) is 0. The van der Waals surface area contributed by atoms with Crippen LogP contribution in [0.4, 0.5) is 38.1 Å². The SMILES string of the molecule is CN(C)c1nc2c(cnn2C)cc1CN(Cc1cc(C(F)(F)F)cc(C(F)(F)F)c1)c1nnn(C)n1. The summed E-state index contributed by atoms with van der Waals surface area (Å²) in [5.74, 6) is 0.569. The number of alkyl halides is 6. The van der Waals surface area contributed by atoms with E-state index in [1.54, 1.807) is 43.0 Å². The average Bonchev–Trinajstić information content (AvgIpc) is 3.36. The maximum atomic E-state index is 13.4. The van der Waals surface area contributed by atoms with E-state index in [4.69, 9.17) is 0 Å². The summed E-state index contributed by atoms with van der Waals surface area (Å²) in [6.45, 7) is -0.328.